The number of rotatable bonds is 4. The summed E-state index contributed by atoms with van der Waals surface area (Å²) in [6, 6.07) is 8.29. The van der Waals surface area contributed by atoms with E-state index in [1.807, 2.05) is 6.07 Å². The van der Waals surface area contributed by atoms with E-state index in [1.165, 1.54) is 11.9 Å². The Morgan fingerprint density at radius 1 is 1.20 bits per heavy atom. The molecule has 1 heterocycles. The van der Waals surface area contributed by atoms with Crippen LogP contribution in [-0.2, 0) is 13.0 Å². The number of hydrogen-bond donors (Lipinski definition) is 1. The number of imidazole rings is 1. The minimum absolute atomic E-state index is 0.537. The van der Waals surface area contributed by atoms with Crippen LogP contribution < -0.4 is 0 Å². The van der Waals surface area contributed by atoms with Gasteiger partial charge in [-0.05, 0) is 31.4 Å². The molecule has 3 heteroatoms. The fourth-order valence-electron chi connectivity index (χ4n) is 3.41. The molecule has 1 N–H and O–H groups in total. The summed E-state index contributed by atoms with van der Waals surface area (Å²) >= 11 is 0. The third kappa shape index (κ3) is 2.59. The first-order chi connectivity index (χ1) is 9.72. The molecule has 1 aliphatic carbocycles. The van der Waals surface area contributed by atoms with Gasteiger partial charge >= 0.3 is 0 Å². The summed E-state index contributed by atoms with van der Waals surface area (Å²) in [5.74, 6) is 1.05. The van der Waals surface area contributed by atoms with Crippen molar-refractivity contribution in [3.63, 3.8) is 0 Å². The summed E-state index contributed by atoms with van der Waals surface area (Å²) in [6.07, 6.45) is 7.17. The topological polar surface area (TPSA) is 38.0 Å². The third-order valence-electron chi connectivity index (χ3n) is 4.45. The van der Waals surface area contributed by atoms with Gasteiger partial charge in [-0.15, -0.1) is 0 Å². The van der Waals surface area contributed by atoms with Crippen LogP contribution in [0, 0.1) is 0 Å². The monoisotopic (exact) mass is 272 g/mol. The fourth-order valence-corrected chi connectivity index (χ4v) is 3.41. The van der Waals surface area contributed by atoms with E-state index in [9.17, 15) is 5.11 Å². The second-order valence-corrected chi connectivity index (χ2v) is 6.13. The number of aliphatic hydroxyl groups is 1. The second-order valence-electron chi connectivity index (χ2n) is 6.13. The molecular weight excluding hydrogens is 248 g/mol. The van der Waals surface area contributed by atoms with Crippen molar-refractivity contribution in [3.8, 4) is 0 Å². The Morgan fingerprint density at radius 3 is 2.70 bits per heavy atom. The smallest absolute Gasteiger partial charge is 0.112 e. The van der Waals surface area contributed by atoms with E-state index in [-0.39, 0.29) is 0 Å². The normalized spacial score (nSPS) is 18.5. The Morgan fingerprint density at radius 2 is 1.95 bits per heavy atom. The standard InChI is InChI=1S/C17H24N2O/c1-2-12-19-15-9-5-4-8-14(15)18-16(19)13-17(20)10-6-3-7-11-17/h4-5,8-9,20H,2-3,6-7,10-13H2,1H3. The Balaban J connectivity index is 1.95. The van der Waals surface area contributed by atoms with E-state index in [2.05, 4.69) is 29.7 Å². The summed E-state index contributed by atoms with van der Waals surface area (Å²) in [6.45, 7) is 3.17. The third-order valence-corrected chi connectivity index (χ3v) is 4.45. The van der Waals surface area contributed by atoms with Crippen LogP contribution in [0.25, 0.3) is 11.0 Å². The molecule has 108 valence electrons. The van der Waals surface area contributed by atoms with Crippen molar-refractivity contribution in [1.29, 1.82) is 0 Å². The molecule has 1 fully saturated rings. The van der Waals surface area contributed by atoms with Crippen LogP contribution in [0.5, 0.6) is 0 Å². The van der Waals surface area contributed by atoms with Gasteiger partial charge < -0.3 is 9.67 Å². The van der Waals surface area contributed by atoms with Crippen LogP contribution in [-0.4, -0.2) is 20.3 Å². The van der Waals surface area contributed by atoms with Gasteiger partial charge in [-0.25, -0.2) is 4.98 Å². The first-order valence-corrected chi connectivity index (χ1v) is 7.88. The van der Waals surface area contributed by atoms with Crippen LogP contribution in [0.2, 0.25) is 0 Å². The van der Waals surface area contributed by atoms with Gasteiger partial charge in [-0.3, -0.25) is 0 Å². The highest BCUT2D eigenvalue weighted by atomic mass is 16.3. The quantitative estimate of drug-likeness (QED) is 0.922. The van der Waals surface area contributed by atoms with Gasteiger partial charge in [-0.1, -0.05) is 38.3 Å². The lowest BCUT2D eigenvalue weighted by molar-refractivity contribution is 0.00218. The van der Waals surface area contributed by atoms with Gasteiger partial charge in [-0.2, -0.15) is 0 Å². The van der Waals surface area contributed by atoms with E-state index in [0.29, 0.717) is 6.42 Å². The Hall–Kier alpha value is -1.35. The minimum Gasteiger partial charge on any atom is -0.389 e. The highest BCUT2D eigenvalue weighted by molar-refractivity contribution is 5.75. The molecule has 0 spiro atoms. The molecule has 0 saturated heterocycles. The van der Waals surface area contributed by atoms with Gasteiger partial charge in [0.2, 0.25) is 0 Å². The highest BCUT2D eigenvalue weighted by Gasteiger charge is 2.31. The number of nitrogens with zero attached hydrogens (tertiary/aromatic N) is 2. The average molecular weight is 272 g/mol. The van der Waals surface area contributed by atoms with E-state index in [1.54, 1.807) is 0 Å². The Bertz CT molecular complexity index is 582. The maximum atomic E-state index is 10.8. The molecule has 1 saturated carbocycles. The number of para-hydroxylation sites is 2. The van der Waals surface area contributed by atoms with E-state index < -0.39 is 5.60 Å². The summed E-state index contributed by atoms with van der Waals surface area (Å²) < 4.78 is 2.29. The highest BCUT2D eigenvalue weighted by Crippen LogP contribution is 2.31. The molecular formula is C17H24N2O. The van der Waals surface area contributed by atoms with Gasteiger partial charge in [0, 0.05) is 13.0 Å². The van der Waals surface area contributed by atoms with Crippen LogP contribution in [0.15, 0.2) is 24.3 Å². The van der Waals surface area contributed by atoms with Crippen LogP contribution in [0.1, 0.15) is 51.3 Å². The molecule has 0 aliphatic heterocycles. The molecule has 1 aliphatic rings. The van der Waals surface area contributed by atoms with Crippen LogP contribution in [0.3, 0.4) is 0 Å². The number of aromatic nitrogens is 2. The molecule has 1 aromatic carbocycles. The van der Waals surface area contributed by atoms with E-state index in [4.69, 9.17) is 4.98 Å². The zero-order valence-corrected chi connectivity index (χ0v) is 12.3. The van der Waals surface area contributed by atoms with E-state index >= 15 is 0 Å². The van der Waals surface area contributed by atoms with Gasteiger partial charge in [0.25, 0.3) is 0 Å². The predicted molar refractivity (Wildman–Crippen MR) is 81.8 cm³/mol. The molecule has 3 nitrogen and oxygen atoms in total. The lowest BCUT2D eigenvalue weighted by Crippen LogP contribution is -2.35. The van der Waals surface area contributed by atoms with Crippen molar-refractivity contribution in [2.24, 2.45) is 0 Å². The lowest BCUT2D eigenvalue weighted by Gasteiger charge is -2.31. The maximum Gasteiger partial charge on any atom is 0.112 e. The Labute approximate surface area is 120 Å². The SMILES string of the molecule is CCCn1c(CC2(O)CCCCC2)nc2ccccc21. The summed E-state index contributed by atoms with van der Waals surface area (Å²) in [5, 5.41) is 10.8. The summed E-state index contributed by atoms with van der Waals surface area (Å²) in [7, 11) is 0. The summed E-state index contributed by atoms with van der Waals surface area (Å²) in [4.78, 5) is 4.77. The van der Waals surface area contributed by atoms with Crippen molar-refractivity contribution in [2.75, 3.05) is 0 Å². The predicted octanol–water partition coefficient (Wildman–Crippen LogP) is 3.68. The zero-order chi connectivity index (χ0) is 14.0. The molecule has 3 rings (SSSR count). The lowest BCUT2D eigenvalue weighted by atomic mass is 9.82. The number of benzene rings is 1. The number of fused-ring (bicyclic) bond motifs is 1. The van der Waals surface area contributed by atoms with Crippen molar-refractivity contribution >= 4 is 11.0 Å². The summed E-state index contributed by atoms with van der Waals surface area (Å²) in [5.41, 5.74) is 1.71. The van der Waals surface area contributed by atoms with Crippen LogP contribution >= 0.6 is 0 Å². The van der Waals surface area contributed by atoms with E-state index in [0.717, 1.165) is 50.0 Å². The molecule has 0 atom stereocenters. The van der Waals surface area contributed by atoms with Crippen LogP contribution in [0.4, 0.5) is 0 Å². The van der Waals surface area contributed by atoms with Crippen molar-refractivity contribution in [2.45, 2.75) is 64.0 Å². The van der Waals surface area contributed by atoms with Gasteiger partial charge in [0.1, 0.15) is 5.82 Å². The largest absolute Gasteiger partial charge is 0.389 e. The maximum absolute atomic E-state index is 10.8. The fraction of sp³-hybridized carbons (Fsp3) is 0.588. The first-order valence-electron chi connectivity index (χ1n) is 7.88. The molecule has 0 bridgehead atoms. The van der Waals surface area contributed by atoms with Crippen molar-refractivity contribution < 1.29 is 5.11 Å². The van der Waals surface area contributed by atoms with Crippen molar-refractivity contribution in [1.82, 2.24) is 9.55 Å². The first kappa shape index (κ1) is 13.6. The number of hydrogen-bond acceptors (Lipinski definition) is 2. The molecule has 0 radical (unpaired) electrons. The van der Waals surface area contributed by atoms with Crippen molar-refractivity contribution in [3.05, 3.63) is 30.1 Å². The van der Waals surface area contributed by atoms with Gasteiger partial charge in [0.15, 0.2) is 0 Å². The zero-order valence-electron chi connectivity index (χ0n) is 12.3. The minimum atomic E-state index is -0.537. The molecule has 1 aromatic heterocycles. The Kier molecular flexibility index (Phi) is 3.79. The number of aryl methyl sites for hydroxylation is 1. The average Bonchev–Trinajstić information content (AvgIpc) is 2.77. The molecule has 2 aromatic rings. The molecule has 0 unspecified atom stereocenters. The molecule has 0 amide bonds. The second kappa shape index (κ2) is 5.57. The van der Waals surface area contributed by atoms with Gasteiger partial charge in [0.05, 0.1) is 16.6 Å². The molecule has 20 heavy (non-hydrogen) atoms.